The van der Waals surface area contributed by atoms with Crippen molar-refractivity contribution in [3.05, 3.63) is 114 Å². The molecule has 0 amide bonds. The normalized spacial score (nSPS) is 12.4. The van der Waals surface area contributed by atoms with Crippen molar-refractivity contribution in [2.75, 3.05) is 0 Å². The topological polar surface area (TPSA) is 44.1 Å². The van der Waals surface area contributed by atoms with Crippen molar-refractivity contribution >= 4 is 5.97 Å². The Morgan fingerprint density at radius 1 is 0.857 bits per heavy atom. The molecule has 28 heavy (non-hydrogen) atoms. The zero-order valence-electron chi connectivity index (χ0n) is 15.2. The lowest BCUT2D eigenvalue weighted by Gasteiger charge is -2.18. The molecule has 1 aliphatic carbocycles. The first-order chi connectivity index (χ1) is 13.8. The summed E-state index contributed by atoms with van der Waals surface area (Å²) in [5.74, 6) is -0.372. The maximum absolute atomic E-state index is 12.8. The van der Waals surface area contributed by atoms with Crippen LogP contribution in [0.15, 0.2) is 91.4 Å². The Morgan fingerprint density at radius 3 is 2.14 bits per heavy atom. The molecule has 0 N–H and O–H groups in total. The molecule has 0 bridgehead atoms. The first-order valence-electron chi connectivity index (χ1n) is 9.24. The minimum atomic E-state index is -0.372. The monoisotopic (exact) mass is 366 g/mol. The zero-order valence-corrected chi connectivity index (χ0v) is 15.2. The Bertz CT molecular complexity index is 1100. The van der Waals surface area contributed by atoms with E-state index >= 15 is 0 Å². The number of nitrogens with zero attached hydrogens (tertiary/aromatic N) is 2. The van der Waals surface area contributed by atoms with Crippen LogP contribution in [0.5, 0.6) is 0 Å². The van der Waals surface area contributed by atoms with E-state index in [0.717, 1.165) is 5.56 Å². The summed E-state index contributed by atoms with van der Waals surface area (Å²) in [5, 5.41) is 0. The van der Waals surface area contributed by atoms with E-state index in [4.69, 9.17) is 4.74 Å². The second kappa shape index (κ2) is 6.82. The highest BCUT2D eigenvalue weighted by atomic mass is 16.5. The number of hydrogen-bond donors (Lipinski definition) is 0. The molecule has 0 radical (unpaired) electrons. The molecule has 4 aromatic rings. The van der Waals surface area contributed by atoms with Crippen LogP contribution in [-0.4, -0.2) is 15.5 Å². The van der Waals surface area contributed by atoms with Crippen LogP contribution >= 0.6 is 0 Å². The number of carbonyl (C=O) groups is 1. The second-order valence-corrected chi connectivity index (χ2v) is 6.82. The minimum Gasteiger partial charge on any atom is -0.456 e. The first-order valence-corrected chi connectivity index (χ1v) is 9.24. The van der Waals surface area contributed by atoms with Crippen LogP contribution in [0.25, 0.3) is 11.1 Å². The summed E-state index contributed by atoms with van der Waals surface area (Å²) in [4.78, 5) is 17.0. The molecule has 4 nitrogen and oxygen atoms in total. The summed E-state index contributed by atoms with van der Waals surface area (Å²) < 4.78 is 7.46. The van der Waals surface area contributed by atoms with Crippen molar-refractivity contribution in [3.8, 4) is 11.1 Å². The third-order valence-electron chi connectivity index (χ3n) is 5.17. The molecule has 1 aliphatic rings. The molecule has 3 aromatic carbocycles. The summed E-state index contributed by atoms with van der Waals surface area (Å²) in [6.45, 7) is 0.239. The number of benzene rings is 3. The molecule has 136 valence electrons. The highest BCUT2D eigenvalue weighted by Gasteiger charge is 2.31. The van der Waals surface area contributed by atoms with Crippen LogP contribution in [-0.2, 0) is 11.3 Å². The molecule has 0 saturated heterocycles. The fourth-order valence-corrected chi connectivity index (χ4v) is 3.89. The van der Waals surface area contributed by atoms with Crippen LogP contribution in [0.2, 0.25) is 0 Å². The summed E-state index contributed by atoms with van der Waals surface area (Å²) in [7, 11) is 0. The van der Waals surface area contributed by atoms with Gasteiger partial charge in [0.15, 0.2) is 0 Å². The third-order valence-corrected chi connectivity index (χ3v) is 5.17. The minimum absolute atomic E-state index is 0.0887. The summed E-state index contributed by atoms with van der Waals surface area (Å²) >= 11 is 0. The number of imidazole rings is 1. The summed E-state index contributed by atoms with van der Waals surface area (Å²) in [6.07, 6.45) is 3.29. The lowest BCUT2D eigenvalue weighted by molar-refractivity contribution is 0.0459. The van der Waals surface area contributed by atoms with Gasteiger partial charge in [-0.3, -0.25) is 0 Å². The SMILES string of the molecule is O=C(OCc1ccccc1)c1cncn1C1c2ccccc2-c2ccccc21. The molecular formula is C24H18N2O2. The van der Waals surface area contributed by atoms with Crippen LogP contribution in [0.4, 0.5) is 0 Å². The van der Waals surface area contributed by atoms with Gasteiger partial charge < -0.3 is 9.30 Å². The van der Waals surface area contributed by atoms with Crippen molar-refractivity contribution in [1.82, 2.24) is 9.55 Å². The van der Waals surface area contributed by atoms with E-state index in [1.165, 1.54) is 22.3 Å². The lowest BCUT2D eigenvalue weighted by atomic mass is 10.1. The van der Waals surface area contributed by atoms with Crippen LogP contribution < -0.4 is 0 Å². The summed E-state index contributed by atoms with van der Waals surface area (Å²) in [5.41, 5.74) is 6.13. The van der Waals surface area contributed by atoms with E-state index in [-0.39, 0.29) is 18.6 Å². The number of aromatic nitrogens is 2. The maximum Gasteiger partial charge on any atom is 0.356 e. The molecule has 0 spiro atoms. The smallest absolute Gasteiger partial charge is 0.356 e. The van der Waals surface area contributed by atoms with E-state index in [9.17, 15) is 4.79 Å². The van der Waals surface area contributed by atoms with Crippen molar-refractivity contribution in [3.63, 3.8) is 0 Å². The van der Waals surface area contributed by atoms with Gasteiger partial charge in [0.2, 0.25) is 0 Å². The van der Waals surface area contributed by atoms with Crippen molar-refractivity contribution in [2.24, 2.45) is 0 Å². The van der Waals surface area contributed by atoms with Gasteiger partial charge in [0.25, 0.3) is 0 Å². The van der Waals surface area contributed by atoms with Gasteiger partial charge in [-0.25, -0.2) is 9.78 Å². The highest BCUT2D eigenvalue weighted by molar-refractivity contribution is 5.88. The van der Waals surface area contributed by atoms with Gasteiger partial charge in [-0.2, -0.15) is 0 Å². The average molecular weight is 366 g/mol. The Kier molecular flexibility index (Phi) is 4.02. The lowest BCUT2D eigenvalue weighted by Crippen LogP contribution is -2.17. The molecule has 1 aromatic heterocycles. The summed E-state index contributed by atoms with van der Waals surface area (Å²) in [6, 6.07) is 26.2. The number of fused-ring (bicyclic) bond motifs is 3. The van der Waals surface area contributed by atoms with E-state index in [1.807, 2.05) is 59.2 Å². The van der Waals surface area contributed by atoms with E-state index in [2.05, 4.69) is 29.2 Å². The van der Waals surface area contributed by atoms with Crippen molar-refractivity contribution in [1.29, 1.82) is 0 Å². The van der Waals surface area contributed by atoms with Gasteiger partial charge in [0, 0.05) is 0 Å². The Labute approximate surface area is 163 Å². The predicted octanol–water partition coefficient (Wildman–Crippen LogP) is 4.86. The largest absolute Gasteiger partial charge is 0.456 e. The molecule has 5 rings (SSSR count). The number of hydrogen-bond acceptors (Lipinski definition) is 3. The van der Waals surface area contributed by atoms with Gasteiger partial charge in [0.05, 0.1) is 18.6 Å². The number of carbonyl (C=O) groups excluding carboxylic acids is 1. The molecule has 0 atom stereocenters. The Hall–Kier alpha value is -3.66. The van der Waals surface area contributed by atoms with E-state index < -0.39 is 0 Å². The fourth-order valence-electron chi connectivity index (χ4n) is 3.89. The quantitative estimate of drug-likeness (QED) is 0.427. The van der Waals surface area contributed by atoms with Gasteiger partial charge in [-0.1, -0.05) is 78.9 Å². The molecule has 0 unspecified atom stereocenters. The van der Waals surface area contributed by atoms with Gasteiger partial charge >= 0.3 is 5.97 Å². The fraction of sp³-hybridized carbons (Fsp3) is 0.0833. The van der Waals surface area contributed by atoms with Gasteiger partial charge in [-0.15, -0.1) is 0 Å². The van der Waals surface area contributed by atoms with Gasteiger partial charge in [-0.05, 0) is 27.8 Å². The highest BCUT2D eigenvalue weighted by Crippen LogP contribution is 2.45. The van der Waals surface area contributed by atoms with Crippen LogP contribution in [0.3, 0.4) is 0 Å². The molecule has 0 aliphatic heterocycles. The molecule has 0 fully saturated rings. The van der Waals surface area contributed by atoms with Gasteiger partial charge in [0.1, 0.15) is 12.3 Å². The molecule has 4 heteroatoms. The number of rotatable bonds is 4. The number of esters is 1. The first kappa shape index (κ1) is 16.5. The average Bonchev–Trinajstić information content (AvgIpc) is 3.35. The molecular weight excluding hydrogens is 348 g/mol. The van der Waals surface area contributed by atoms with Crippen LogP contribution in [0.1, 0.15) is 33.2 Å². The molecule has 0 saturated carbocycles. The third kappa shape index (κ3) is 2.70. The molecule has 1 heterocycles. The van der Waals surface area contributed by atoms with Crippen molar-refractivity contribution in [2.45, 2.75) is 12.6 Å². The number of ether oxygens (including phenoxy) is 1. The van der Waals surface area contributed by atoms with E-state index in [1.54, 1.807) is 12.5 Å². The second-order valence-electron chi connectivity index (χ2n) is 6.82. The van der Waals surface area contributed by atoms with E-state index in [0.29, 0.717) is 5.69 Å². The van der Waals surface area contributed by atoms with Crippen LogP contribution in [0, 0.1) is 0 Å². The van der Waals surface area contributed by atoms with Crippen molar-refractivity contribution < 1.29 is 9.53 Å². The Morgan fingerprint density at radius 2 is 1.46 bits per heavy atom. The maximum atomic E-state index is 12.8. The standard InChI is InChI=1S/C24H18N2O2/c27-24(28-15-17-8-2-1-3-9-17)22-14-25-16-26(22)23-20-12-6-4-10-18(20)19-11-5-7-13-21(19)23/h1-14,16,23H,15H2. The zero-order chi connectivity index (χ0) is 18.9. The predicted molar refractivity (Wildman–Crippen MR) is 107 cm³/mol. The Balaban J connectivity index is 1.50.